The monoisotopic (exact) mass is 440 g/mol. The molecular weight excluding hydrogens is 416 g/mol. The van der Waals surface area contributed by atoms with Gasteiger partial charge in [-0.05, 0) is 35.3 Å². The molecule has 2 aliphatic heterocycles. The van der Waals surface area contributed by atoms with Crippen molar-refractivity contribution in [3.8, 4) is 0 Å². The molecule has 0 spiro atoms. The van der Waals surface area contributed by atoms with Crippen LogP contribution >= 0.6 is 11.6 Å². The molecule has 0 unspecified atom stereocenters. The Hall–Kier alpha value is -2.47. The van der Waals surface area contributed by atoms with Crippen LogP contribution in [0.25, 0.3) is 0 Å². The van der Waals surface area contributed by atoms with E-state index in [9.17, 15) is 9.59 Å². The fourth-order valence-corrected chi connectivity index (χ4v) is 4.16. The van der Waals surface area contributed by atoms with Crippen molar-refractivity contribution in [3.63, 3.8) is 0 Å². The normalized spacial score (nSPS) is 22.2. The molecule has 162 valence electrons. The van der Waals surface area contributed by atoms with Gasteiger partial charge in [0.1, 0.15) is 12.7 Å². The number of carbonyl (C=O) groups excluding carboxylic acids is 2. The van der Waals surface area contributed by atoms with Gasteiger partial charge >= 0.3 is 5.97 Å². The molecule has 0 aromatic heterocycles. The topological polar surface area (TPSA) is 61.8 Å². The van der Waals surface area contributed by atoms with Crippen LogP contribution in [0.3, 0.4) is 0 Å². The molecule has 6 heteroatoms. The molecule has 31 heavy (non-hydrogen) atoms. The summed E-state index contributed by atoms with van der Waals surface area (Å²) in [6.45, 7) is 3.89. The predicted molar refractivity (Wildman–Crippen MR) is 117 cm³/mol. The van der Waals surface area contributed by atoms with Crippen molar-refractivity contribution < 1.29 is 23.8 Å². The zero-order valence-corrected chi connectivity index (χ0v) is 18.4. The van der Waals surface area contributed by atoms with Gasteiger partial charge in [-0.15, -0.1) is 0 Å². The van der Waals surface area contributed by atoms with Crippen LogP contribution in [0.4, 0.5) is 0 Å². The average Bonchev–Trinajstić information content (AvgIpc) is 3.13. The Balaban J connectivity index is 1.53. The van der Waals surface area contributed by atoms with E-state index in [1.165, 1.54) is 6.92 Å². The zero-order chi connectivity index (χ0) is 22.0. The molecule has 2 aliphatic rings. The van der Waals surface area contributed by atoms with Gasteiger partial charge in [-0.25, -0.2) is 0 Å². The van der Waals surface area contributed by atoms with E-state index in [0.29, 0.717) is 30.9 Å². The van der Waals surface area contributed by atoms with Crippen molar-refractivity contribution in [1.29, 1.82) is 0 Å². The summed E-state index contributed by atoms with van der Waals surface area (Å²) in [5.41, 5.74) is 4.60. The van der Waals surface area contributed by atoms with E-state index in [0.717, 1.165) is 27.8 Å². The zero-order valence-electron chi connectivity index (χ0n) is 17.7. The molecule has 5 nitrogen and oxygen atoms in total. The Morgan fingerprint density at radius 2 is 1.97 bits per heavy atom. The smallest absolute Gasteiger partial charge is 0.302 e. The lowest BCUT2D eigenvalue weighted by Gasteiger charge is -2.31. The van der Waals surface area contributed by atoms with Gasteiger partial charge in [0.25, 0.3) is 0 Å². The molecule has 2 aromatic carbocycles. The van der Waals surface area contributed by atoms with Crippen molar-refractivity contribution in [2.45, 2.75) is 45.0 Å². The molecule has 1 fully saturated rings. The quantitative estimate of drug-likeness (QED) is 0.345. The lowest BCUT2D eigenvalue weighted by molar-refractivity contribution is -0.176. The molecule has 0 amide bonds. The molecule has 0 saturated carbocycles. The Kier molecular flexibility index (Phi) is 6.28. The van der Waals surface area contributed by atoms with Gasteiger partial charge in [0.05, 0.1) is 6.61 Å². The fraction of sp³-hybridized carbons (Fsp3) is 0.360. The van der Waals surface area contributed by atoms with Crippen molar-refractivity contribution in [2.24, 2.45) is 0 Å². The Morgan fingerprint density at radius 1 is 1.19 bits per heavy atom. The number of esters is 1. The highest BCUT2D eigenvalue weighted by molar-refractivity contribution is 6.31. The fourth-order valence-electron chi connectivity index (χ4n) is 3.98. The minimum atomic E-state index is -0.846. The molecule has 4 rings (SSSR count). The van der Waals surface area contributed by atoms with E-state index in [4.69, 9.17) is 25.8 Å². The minimum Gasteiger partial charge on any atom is -0.461 e. The van der Waals surface area contributed by atoms with Gasteiger partial charge in [0.15, 0.2) is 11.6 Å². The molecule has 1 saturated heterocycles. The van der Waals surface area contributed by atoms with Crippen LogP contribution in [0.5, 0.6) is 0 Å². The number of halogens is 1. The number of carbonyl (C=O) groups is 2. The van der Waals surface area contributed by atoms with Gasteiger partial charge in [-0.2, -0.15) is 0 Å². The molecular formula is C25H25ClO5. The van der Waals surface area contributed by atoms with Crippen LogP contribution in [-0.2, 0) is 31.2 Å². The Morgan fingerprint density at radius 3 is 2.68 bits per heavy atom. The lowest BCUT2D eigenvalue weighted by atomic mass is 9.94. The first-order chi connectivity index (χ1) is 14.9. The van der Waals surface area contributed by atoms with Gasteiger partial charge < -0.3 is 14.2 Å². The van der Waals surface area contributed by atoms with Crippen LogP contribution in [-0.4, -0.2) is 31.1 Å². The van der Waals surface area contributed by atoms with Gasteiger partial charge in [-0.1, -0.05) is 54.9 Å². The maximum absolute atomic E-state index is 11.8. The summed E-state index contributed by atoms with van der Waals surface area (Å²) < 4.78 is 17.5. The first-order valence-corrected chi connectivity index (χ1v) is 10.8. The van der Waals surface area contributed by atoms with Crippen LogP contribution in [0.15, 0.2) is 54.1 Å². The molecule has 2 bridgehead atoms. The Bertz CT molecular complexity index is 1030. The largest absolute Gasteiger partial charge is 0.461 e. The summed E-state index contributed by atoms with van der Waals surface area (Å²) in [6, 6.07) is 13.5. The Labute approximate surface area is 186 Å². The number of Topliss-reactive ketones (excluding diaryl/α,β-unsaturated/α-hetero) is 1. The third kappa shape index (κ3) is 4.59. The third-order valence-electron chi connectivity index (χ3n) is 5.77. The highest BCUT2D eigenvalue weighted by Gasteiger charge is 2.47. The second-order valence-electron chi connectivity index (χ2n) is 7.89. The highest BCUT2D eigenvalue weighted by Crippen LogP contribution is 2.44. The highest BCUT2D eigenvalue weighted by atomic mass is 35.5. The standard InChI is InChI=1S/C25H25ClO5/c1-3-23(28)18-6-4-17(5-7-18)12-20-13-21(8-9-22(20)26)25-11-10-19(14-29-16(2)27)24(31-25)15-30-25/h4-10,13,24H,3,11-12,14-15H2,1-2H3/t24-,25-/m0/s1. The average molecular weight is 441 g/mol. The van der Waals surface area contributed by atoms with Gasteiger partial charge in [0, 0.05) is 35.9 Å². The number of ether oxygens (including phenoxy) is 3. The summed E-state index contributed by atoms with van der Waals surface area (Å²) >= 11 is 6.49. The molecule has 0 aliphatic carbocycles. The van der Waals surface area contributed by atoms with E-state index >= 15 is 0 Å². The number of fused-ring (bicyclic) bond motifs is 2. The van der Waals surface area contributed by atoms with Gasteiger partial charge in [-0.3, -0.25) is 9.59 Å². The summed E-state index contributed by atoms with van der Waals surface area (Å²) in [6.07, 6.45) is 3.49. The van der Waals surface area contributed by atoms with Crippen LogP contribution < -0.4 is 0 Å². The second kappa shape index (κ2) is 8.95. The molecule has 0 N–H and O–H groups in total. The number of benzene rings is 2. The number of rotatable bonds is 7. The molecule has 0 radical (unpaired) electrons. The predicted octanol–water partition coefficient (Wildman–Crippen LogP) is 4.98. The minimum absolute atomic E-state index is 0.134. The third-order valence-corrected chi connectivity index (χ3v) is 6.14. The van der Waals surface area contributed by atoms with E-state index in [1.807, 2.05) is 55.5 Å². The van der Waals surface area contributed by atoms with E-state index in [-0.39, 0.29) is 24.5 Å². The van der Waals surface area contributed by atoms with Crippen LogP contribution in [0, 0.1) is 0 Å². The first kappa shape index (κ1) is 21.8. The SMILES string of the molecule is CCC(=O)c1ccc(Cc2cc([C@@]34CC=C(COC(C)=O)[C@H](CO3)O4)ccc2Cl)cc1. The van der Waals surface area contributed by atoms with Crippen molar-refractivity contribution >= 4 is 23.4 Å². The molecule has 2 atom stereocenters. The van der Waals surface area contributed by atoms with Crippen molar-refractivity contribution in [3.05, 3.63) is 81.4 Å². The maximum atomic E-state index is 11.8. The number of hydrogen-bond acceptors (Lipinski definition) is 5. The number of ketones is 1. The second-order valence-corrected chi connectivity index (χ2v) is 8.30. The van der Waals surface area contributed by atoms with Crippen LogP contribution in [0.2, 0.25) is 5.02 Å². The summed E-state index contributed by atoms with van der Waals surface area (Å²) in [4.78, 5) is 23.0. The lowest BCUT2D eigenvalue weighted by Crippen LogP contribution is -2.32. The first-order valence-electron chi connectivity index (χ1n) is 10.5. The summed E-state index contributed by atoms with van der Waals surface area (Å²) in [5, 5.41) is 0.672. The number of hydrogen-bond donors (Lipinski definition) is 0. The van der Waals surface area contributed by atoms with Crippen LogP contribution in [0.1, 0.15) is 53.7 Å². The summed E-state index contributed by atoms with van der Waals surface area (Å²) in [5.74, 6) is -1.03. The van der Waals surface area contributed by atoms with Crippen molar-refractivity contribution in [2.75, 3.05) is 13.2 Å². The van der Waals surface area contributed by atoms with Gasteiger partial charge in [0.2, 0.25) is 0 Å². The van der Waals surface area contributed by atoms with E-state index in [1.54, 1.807) is 0 Å². The van der Waals surface area contributed by atoms with E-state index in [2.05, 4.69) is 0 Å². The van der Waals surface area contributed by atoms with E-state index < -0.39 is 5.79 Å². The maximum Gasteiger partial charge on any atom is 0.302 e. The molecule has 2 heterocycles. The van der Waals surface area contributed by atoms with Crippen molar-refractivity contribution in [1.82, 2.24) is 0 Å². The molecule has 2 aromatic rings. The summed E-state index contributed by atoms with van der Waals surface area (Å²) in [7, 11) is 0.